The van der Waals surface area contributed by atoms with E-state index in [1.165, 1.54) is 11.3 Å². The predicted octanol–water partition coefficient (Wildman–Crippen LogP) is 7.58. The van der Waals surface area contributed by atoms with Gasteiger partial charge in [-0.05, 0) is 62.7 Å². The highest BCUT2D eigenvalue weighted by molar-refractivity contribution is 7.09. The zero-order valence-corrected chi connectivity index (χ0v) is 35.0. The van der Waals surface area contributed by atoms with Gasteiger partial charge in [-0.1, -0.05) is 87.5 Å². The van der Waals surface area contributed by atoms with Gasteiger partial charge in [-0.25, -0.2) is 9.78 Å². The Labute approximate surface area is 308 Å². The van der Waals surface area contributed by atoms with Gasteiger partial charge in [0.05, 0.1) is 12.6 Å². The molecule has 10 nitrogen and oxygen atoms in total. The largest absolute Gasteiger partial charge is 0.461 e. The maximum Gasteiger partial charge on any atom is 0.357 e. The van der Waals surface area contributed by atoms with Crippen molar-refractivity contribution < 1.29 is 28.7 Å². The van der Waals surface area contributed by atoms with Crippen LogP contribution in [0.4, 0.5) is 0 Å². The Hall–Kier alpha value is -1.86. The lowest BCUT2D eigenvalue weighted by Crippen LogP contribution is -2.59. The minimum atomic E-state index is -1.91. The summed E-state index contributed by atoms with van der Waals surface area (Å²) in [5.41, 5.74) is 0.183. The third-order valence-electron chi connectivity index (χ3n) is 10.8. The smallest absolute Gasteiger partial charge is 0.357 e. The van der Waals surface area contributed by atoms with Gasteiger partial charge in [-0.2, -0.15) is 0 Å². The fraction of sp³-hybridized carbons (Fsp3) is 0.842. The van der Waals surface area contributed by atoms with Gasteiger partial charge in [-0.15, -0.1) is 11.3 Å². The Kier molecular flexibility index (Phi) is 18.6. The predicted molar refractivity (Wildman–Crippen MR) is 206 cm³/mol. The molecule has 1 fully saturated rings. The third kappa shape index (κ3) is 13.0. The average Bonchev–Trinajstić information content (AvgIpc) is 3.56. The second kappa shape index (κ2) is 21.0. The molecule has 0 aliphatic carbocycles. The number of carbonyl (C=O) groups is 3. The van der Waals surface area contributed by atoms with Crippen molar-refractivity contribution in [3.63, 3.8) is 0 Å². The maximum atomic E-state index is 14.7. The van der Waals surface area contributed by atoms with Crippen LogP contribution < -0.4 is 5.32 Å². The van der Waals surface area contributed by atoms with Crippen molar-refractivity contribution in [2.45, 2.75) is 162 Å². The molecule has 12 heteroatoms. The lowest BCUT2D eigenvalue weighted by atomic mass is 9.91. The lowest BCUT2D eigenvalue weighted by molar-refractivity contribution is -0.143. The summed E-state index contributed by atoms with van der Waals surface area (Å²) in [5, 5.41) is 16.8. The summed E-state index contributed by atoms with van der Waals surface area (Å²) in [6.45, 7) is 26.3. The number of likely N-dealkylation sites (tertiary alicyclic amines) is 1. The molecule has 288 valence electrons. The molecule has 0 aromatic carbocycles. The molecule has 0 spiro atoms. The molecule has 2 rings (SSSR count). The van der Waals surface area contributed by atoms with E-state index in [2.05, 4.69) is 76.8 Å². The topological polar surface area (TPSA) is 121 Å². The Balaban J connectivity index is 2.32. The molecule has 0 radical (unpaired) electrons. The number of thiazole rings is 1. The van der Waals surface area contributed by atoms with Crippen molar-refractivity contribution in [1.82, 2.24) is 20.1 Å². The van der Waals surface area contributed by atoms with Gasteiger partial charge in [0.15, 0.2) is 14.0 Å². The number of nitrogens with one attached hydrogen (secondary N) is 1. The van der Waals surface area contributed by atoms with Gasteiger partial charge in [0.25, 0.3) is 0 Å². The second-order valence-electron chi connectivity index (χ2n) is 16.0. The Morgan fingerprint density at radius 1 is 1.12 bits per heavy atom. The zero-order chi connectivity index (χ0) is 37.6. The van der Waals surface area contributed by atoms with Gasteiger partial charge >= 0.3 is 5.97 Å². The van der Waals surface area contributed by atoms with Crippen molar-refractivity contribution in [1.29, 1.82) is 0 Å². The van der Waals surface area contributed by atoms with E-state index in [9.17, 15) is 19.5 Å². The van der Waals surface area contributed by atoms with Crippen LogP contribution >= 0.6 is 11.3 Å². The summed E-state index contributed by atoms with van der Waals surface area (Å²) < 4.78 is 11.6. The number of amides is 2. The molecule has 1 aliphatic rings. The molecular formula is C38H70N4O6SSi. The summed E-state index contributed by atoms with van der Waals surface area (Å²) >= 11 is 1.22. The van der Waals surface area contributed by atoms with Crippen molar-refractivity contribution >= 4 is 37.4 Å². The number of aliphatic hydroxyl groups excluding tert-OH is 1. The number of nitrogens with zero attached hydrogens (tertiary/aromatic N) is 3. The quantitative estimate of drug-likeness (QED) is 0.0753. The minimum Gasteiger partial charge on any atom is -0.461 e. The molecule has 2 N–H and O–H groups in total. The van der Waals surface area contributed by atoms with Gasteiger partial charge in [0.2, 0.25) is 11.8 Å². The number of piperidine rings is 1. The van der Waals surface area contributed by atoms with Crippen LogP contribution in [-0.2, 0) is 18.8 Å². The van der Waals surface area contributed by atoms with E-state index >= 15 is 0 Å². The molecule has 4 unspecified atom stereocenters. The Morgan fingerprint density at radius 3 is 2.42 bits per heavy atom. The third-order valence-corrected chi connectivity index (χ3v) is 16.3. The number of ether oxygens (including phenoxy) is 1. The Morgan fingerprint density at radius 2 is 1.82 bits per heavy atom. The second-order valence-corrected chi connectivity index (χ2v) is 21.7. The molecule has 0 bridgehead atoms. The molecule has 2 heterocycles. The molecular weight excluding hydrogens is 669 g/mol. The number of aliphatic hydroxyl groups is 1. The van der Waals surface area contributed by atoms with E-state index in [0.717, 1.165) is 57.9 Å². The van der Waals surface area contributed by atoms with Crippen LogP contribution in [0, 0.1) is 11.8 Å². The minimum absolute atomic E-state index is 0.0345. The Bertz CT molecular complexity index is 1190. The molecule has 1 aromatic rings. The van der Waals surface area contributed by atoms with Crippen molar-refractivity contribution in [2.24, 2.45) is 11.8 Å². The summed E-state index contributed by atoms with van der Waals surface area (Å²) in [5.74, 6) is -0.733. The van der Waals surface area contributed by atoms with Crippen molar-refractivity contribution in [3.05, 3.63) is 16.1 Å². The SMILES string of the molecule is CCCCCCN(C(=O)C(NC(=O)[C@H]1CCCCN1CCO[Si](C)(C)C(C)(C)C)C(C)CC)C(CC(O)c1nc(C(=O)OCC)cs1)C(C)C. The van der Waals surface area contributed by atoms with Crippen LogP contribution in [0.2, 0.25) is 18.1 Å². The van der Waals surface area contributed by atoms with Crippen LogP contribution in [0.1, 0.15) is 142 Å². The number of unbranched alkanes of at least 4 members (excludes halogenated alkanes) is 3. The fourth-order valence-electron chi connectivity index (χ4n) is 6.28. The number of esters is 1. The van der Waals surface area contributed by atoms with Crippen LogP contribution in [-0.4, -0.2) is 97.0 Å². The summed E-state index contributed by atoms with van der Waals surface area (Å²) in [6.07, 6.45) is 6.84. The first-order chi connectivity index (χ1) is 23.5. The number of carbonyl (C=O) groups excluding carboxylic acids is 3. The van der Waals surface area contributed by atoms with E-state index in [1.54, 1.807) is 12.3 Å². The van der Waals surface area contributed by atoms with Crippen LogP contribution in [0.5, 0.6) is 0 Å². The fourth-order valence-corrected chi connectivity index (χ4v) is 8.10. The van der Waals surface area contributed by atoms with Crippen LogP contribution in [0.3, 0.4) is 0 Å². The highest BCUT2D eigenvalue weighted by Crippen LogP contribution is 2.36. The van der Waals surface area contributed by atoms with E-state index in [0.29, 0.717) is 24.7 Å². The van der Waals surface area contributed by atoms with Gasteiger partial charge in [0, 0.05) is 37.5 Å². The first-order valence-electron chi connectivity index (χ1n) is 19.3. The summed E-state index contributed by atoms with van der Waals surface area (Å²) in [4.78, 5) is 49.6. The van der Waals surface area contributed by atoms with Gasteiger partial charge in [0.1, 0.15) is 17.2 Å². The van der Waals surface area contributed by atoms with Crippen molar-refractivity contribution in [3.8, 4) is 0 Å². The summed E-state index contributed by atoms with van der Waals surface area (Å²) in [7, 11) is -1.91. The van der Waals surface area contributed by atoms with Gasteiger partial charge in [-0.3, -0.25) is 14.5 Å². The zero-order valence-electron chi connectivity index (χ0n) is 33.2. The number of aromatic nitrogens is 1. The highest BCUT2D eigenvalue weighted by atomic mass is 32.1. The van der Waals surface area contributed by atoms with Crippen molar-refractivity contribution in [2.75, 3.05) is 32.8 Å². The molecule has 50 heavy (non-hydrogen) atoms. The number of rotatable bonds is 21. The van der Waals surface area contributed by atoms with Crippen LogP contribution in [0.15, 0.2) is 5.38 Å². The molecule has 1 aromatic heterocycles. The molecule has 1 aliphatic heterocycles. The van der Waals surface area contributed by atoms with E-state index in [1.807, 2.05) is 11.8 Å². The number of hydrogen-bond acceptors (Lipinski definition) is 9. The number of hydrogen-bond donors (Lipinski definition) is 2. The first-order valence-corrected chi connectivity index (χ1v) is 23.1. The van der Waals surface area contributed by atoms with E-state index < -0.39 is 26.4 Å². The summed E-state index contributed by atoms with van der Waals surface area (Å²) in [6, 6.07) is -1.28. The maximum absolute atomic E-state index is 14.7. The standard InChI is InChI=1S/C38H70N4O6SSi/c1-12-15-16-18-22-42(31(27(4)5)25-32(43)35-39-29(26-49-35)37(46)47-14-3)36(45)33(28(6)13-2)40-34(44)30-20-17-19-21-41(30)23-24-48-50(10,11)38(7,8)9/h26-28,30-33,43H,12-25H2,1-11H3,(H,40,44)/t28?,30-,31?,32?,33?/m1/s1. The highest BCUT2D eigenvalue weighted by Gasteiger charge is 2.40. The van der Waals surface area contributed by atoms with Crippen LogP contribution in [0.25, 0.3) is 0 Å². The first kappa shape index (κ1) is 44.3. The average molecular weight is 739 g/mol. The molecule has 2 amide bonds. The normalized spacial score (nSPS) is 18.4. The van der Waals surface area contributed by atoms with Gasteiger partial charge < -0.3 is 24.5 Å². The molecule has 1 saturated heterocycles. The lowest BCUT2D eigenvalue weighted by Gasteiger charge is -2.41. The molecule has 0 saturated carbocycles. The van der Waals surface area contributed by atoms with E-state index in [4.69, 9.17) is 9.16 Å². The monoisotopic (exact) mass is 738 g/mol. The molecule has 5 atom stereocenters. The van der Waals surface area contributed by atoms with E-state index in [-0.39, 0.29) is 59.5 Å².